The Morgan fingerprint density at radius 2 is 2.15 bits per heavy atom. The number of aromatic nitrogens is 3. The molecule has 0 amide bonds. The lowest BCUT2D eigenvalue weighted by Gasteiger charge is -2.19. The molecular weight excluding hydrogens is 272 g/mol. The average Bonchev–Trinajstić information content (AvgIpc) is 2.65. The third kappa shape index (κ3) is 3.02. The summed E-state index contributed by atoms with van der Waals surface area (Å²) in [6.07, 6.45) is 4.32. The van der Waals surface area contributed by atoms with Crippen molar-refractivity contribution in [1.82, 2.24) is 20.1 Å². The van der Waals surface area contributed by atoms with Crippen LogP contribution in [0.3, 0.4) is 0 Å². The lowest BCUT2D eigenvalue weighted by Crippen LogP contribution is -2.24. The number of likely N-dealkylation sites (N-methyl/N-ethyl adjacent to an activating group) is 1. The number of hydrogen-bond acceptors (Lipinski definition) is 3. The molecule has 0 fully saturated rings. The predicted molar refractivity (Wildman–Crippen MR) is 82.1 cm³/mol. The van der Waals surface area contributed by atoms with E-state index >= 15 is 0 Å². The first-order chi connectivity index (χ1) is 9.54. The maximum atomic E-state index is 6.23. The minimum Gasteiger partial charge on any atom is -0.310 e. The third-order valence-corrected chi connectivity index (χ3v) is 3.98. The van der Waals surface area contributed by atoms with Gasteiger partial charge in [0.15, 0.2) is 0 Å². The molecule has 2 aromatic rings. The largest absolute Gasteiger partial charge is 0.310 e. The fourth-order valence-electron chi connectivity index (χ4n) is 2.61. The van der Waals surface area contributed by atoms with Gasteiger partial charge in [-0.2, -0.15) is 5.10 Å². The van der Waals surface area contributed by atoms with E-state index in [1.54, 1.807) is 12.4 Å². The standard InChI is InChI=1S/C15H21ClN4/c1-5-18-14(8-12-6-7-17-9-13(12)16)15-10(2)19-20(4)11(15)3/h6-7,9,14,18H,5,8H2,1-4H3. The van der Waals surface area contributed by atoms with Crippen LogP contribution in [-0.2, 0) is 13.5 Å². The van der Waals surface area contributed by atoms with Crippen LogP contribution in [0.15, 0.2) is 18.5 Å². The van der Waals surface area contributed by atoms with Gasteiger partial charge in [0.2, 0.25) is 0 Å². The summed E-state index contributed by atoms with van der Waals surface area (Å²) in [5, 5.41) is 8.76. The van der Waals surface area contributed by atoms with E-state index in [0.29, 0.717) is 0 Å². The van der Waals surface area contributed by atoms with Gasteiger partial charge in [0, 0.05) is 36.7 Å². The quantitative estimate of drug-likeness (QED) is 0.921. The number of rotatable bonds is 5. The monoisotopic (exact) mass is 292 g/mol. The van der Waals surface area contributed by atoms with Gasteiger partial charge in [-0.05, 0) is 38.4 Å². The summed E-state index contributed by atoms with van der Waals surface area (Å²) in [6, 6.07) is 2.20. The van der Waals surface area contributed by atoms with Crippen LogP contribution < -0.4 is 5.32 Å². The normalized spacial score (nSPS) is 12.7. The topological polar surface area (TPSA) is 42.7 Å². The van der Waals surface area contributed by atoms with Gasteiger partial charge in [0.05, 0.1) is 10.7 Å². The first-order valence-corrected chi connectivity index (χ1v) is 7.24. The molecule has 2 aromatic heterocycles. The van der Waals surface area contributed by atoms with Crippen LogP contribution in [0.5, 0.6) is 0 Å². The highest BCUT2D eigenvalue weighted by molar-refractivity contribution is 6.31. The molecule has 2 heterocycles. The number of nitrogens with one attached hydrogen (secondary N) is 1. The molecule has 0 aliphatic carbocycles. The molecule has 0 saturated heterocycles. The molecule has 0 aromatic carbocycles. The summed E-state index contributed by atoms with van der Waals surface area (Å²) in [5.74, 6) is 0. The number of pyridine rings is 1. The second kappa shape index (κ2) is 6.37. The Morgan fingerprint density at radius 3 is 2.70 bits per heavy atom. The van der Waals surface area contributed by atoms with E-state index in [2.05, 4.69) is 36.2 Å². The average molecular weight is 293 g/mol. The van der Waals surface area contributed by atoms with Gasteiger partial charge in [0.1, 0.15) is 0 Å². The highest BCUT2D eigenvalue weighted by Crippen LogP contribution is 2.27. The zero-order chi connectivity index (χ0) is 14.7. The molecule has 0 spiro atoms. The fourth-order valence-corrected chi connectivity index (χ4v) is 2.80. The van der Waals surface area contributed by atoms with Gasteiger partial charge < -0.3 is 5.32 Å². The maximum Gasteiger partial charge on any atom is 0.0644 e. The zero-order valence-electron chi connectivity index (χ0n) is 12.4. The number of halogens is 1. The van der Waals surface area contributed by atoms with Crippen LogP contribution in [-0.4, -0.2) is 21.3 Å². The van der Waals surface area contributed by atoms with Gasteiger partial charge in [-0.25, -0.2) is 0 Å². The summed E-state index contributed by atoms with van der Waals surface area (Å²) in [4.78, 5) is 4.04. The molecule has 0 saturated carbocycles. The van der Waals surface area contributed by atoms with Gasteiger partial charge in [0.25, 0.3) is 0 Å². The summed E-state index contributed by atoms with van der Waals surface area (Å²) in [5.41, 5.74) is 4.64. The summed E-state index contributed by atoms with van der Waals surface area (Å²) in [6.45, 7) is 7.18. The lowest BCUT2D eigenvalue weighted by molar-refractivity contribution is 0.544. The molecule has 5 heteroatoms. The van der Waals surface area contributed by atoms with Gasteiger partial charge in [-0.1, -0.05) is 18.5 Å². The third-order valence-electron chi connectivity index (χ3n) is 3.64. The van der Waals surface area contributed by atoms with Crippen molar-refractivity contribution in [2.45, 2.75) is 33.2 Å². The molecule has 108 valence electrons. The van der Waals surface area contributed by atoms with E-state index < -0.39 is 0 Å². The molecule has 20 heavy (non-hydrogen) atoms. The molecule has 1 unspecified atom stereocenters. The van der Waals surface area contributed by atoms with Crippen molar-refractivity contribution in [2.24, 2.45) is 7.05 Å². The number of hydrogen-bond donors (Lipinski definition) is 1. The van der Waals surface area contributed by atoms with Crippen LogP contribution in [0.25, 0.3) is 0 Å². The van der Waals surface area contributed by atoms with Crippen molar-refractivity contribution >= 4 is 11.6 Å². The Labute approximate surface area is 125 Å². The fraction of sp³-hybridized carbons (Fsp3) is 0.467. The molecule has 0 radical (unpaired) electrons. The van der Waals surface area contributed by atoms with Gasteiger partial charge in [-0.3, -0.25) is 9.67 Å². The molecule has 0 aliphatic rings. The molecule has 0 bridgehead atoms. The molecule has 1 atom stereocenters. The van der Waals surface area contributed by atoms with E-state index in [-0.39, 0.29) is 6.04 Å². The number of nitrogens with zero attached hydrogens (tertiary/aromatic N) is 3. The highest BCUT2D eigenvalue weighted by atomic mass is 35.5. The van der Waals surface area contributed by atoms with E-state index in [1.807, 2.05) is 17.8 Å². The Bertz CT molecular complexity index is 592. The van der Waals surface area contributed by atoms with E-state index in [9.17, 15) is 0 Å². The van der Waals surface area contributed by atoms with Crippen molar-refractivity contribution in [1.29, 1.82) is 0 Å². The van der Waals surface area contributed by atoms with E-state index in [4.69, 9.17) is 11.6 Å². The van der Waals surface area contributed by atoms with Crippen molar-refractivity contribution in [3.63, 3.8) is 0 Å². The Balaban J connectivity index is 2.34. The zero-order valence-corrected chi connectivity index (χ0v) is 13.2. The van der Waals surface area contributed by atoms with Crippen LogP contribution in [0.4, 0.5) is 0 Å². The highest BCUT2D eigenvalue weighted by Gasteiger charge is 2.20. The van der Waals surface area contributed by atoms with Crippen LogP contribution in [0, 0.1) is 13.8 Å². The second-order valence-corrected chi connectivity index (χ2v) is 5.40. The SMILES string of the molecule is CCNC(Cc1ccncc1Cl)c1c(C)nn(C)c1C. The molecule has 4 nitrogen and oxygen atoms in total. The minimum absolute atomic E-state index is 0.216. The van der Waals surface area contributed by atoms with Crippen molar-refractivity contribution in [3.05, 3.63) is 46.0 Å². The smallest absolute Gasteiger partial charge is 0.0644 e. The molecular formula is C15H21ClN4. The first-order valence-electron chi connectivity index (χ1n) is 6.86. The van der Waals surface area contributed by atoms with E-state index in [1.165, 1.54) is 11.3 Å². The van der Waals surface area contributed by atoms with Crippen molar-refractivity contribution < 1.29 is 0 Å². The van der Waals surface area contributed by atoms with Gasteiger partial charge in [-0.15, -0.1) is 0 Å². The predicted octanol–water partition coefficient (Wildman–Crippen LogP) is 2.98. The minimum atomic E-state index is 0.216. The Kier molecular flexibility index (Phi) is 4.78. The molecule has 2 rings (SSSR count). The van der Waals surface area contributed by atoms with Crippen molar-refractivity contribution in [2.75, 3.05) is 6.54 Å². The van der Waals surface area contributed by atoms with E-state index in [0.717, 1.165) is 29.2 Å². The van der Waals surface area contributed by atoms with Crippen LogP contribution in [0.1, 0.15) is 35.5 Å². The molecule has 0 aliphatic heterocycles. The van der Waals surface area contributed by atoms with Crippen LogP contribution >= 0.6 is 11.6 Å². The lowest BCUT2D eigenvalue weighted by atomic mass is 9.97. The van der Waals surface area contributed by atoms with Crippen LogP contribution in [0.2, 0.25) is 5.02 Å². The van der Waals surface area contributed by atoms with Crippen molar-refractivity contribution in [3.8, 4) is 0 Å². The second-order valence-electron chi connectivity index (χ2n) is 4.99. The summed E-state index contributed by atoms with van der Waals surface area (Å²) < 4.78 is 1.93. The molecule has 1 N–H and O–H groups in total. The Hall–Kier alpha value is -1.39. The summed E-state index contributed by atoms with van der Waals surface area (Å²) >= 11 is 6.23. The number of aryl methyl sites for hydroxylation is 2. The first kappa shape index (κ1) is 15.0. The maximum absolute atomic E-state index is 6.23. The summed E-state index contributed by atoms with van der Waals surface area (Å²) in [7, 11) is 1.98. The Morgan fingerprint density at radius 1 is 1.40 bits per heavy atom. The van der Waals surface area contributed by atoms with Gasteiger partial charge >= 0.3 is 0 Å².